The van der Waals surface area contributed by atoms with E-state index < -0.39 is 12.6 Å². The first-order valence-corrected chi connectivity index (χ1v) is 5.06. The zero-order chi connectivity index (χ0) is 11.4. The summed E-state index contributed by atoms with van der Waals surface area (Å²) >= 11 is 0. The Kier molecular flexibility index (Phi) is 5.49. The molecule has 86 valence electrons. The molecular formula is C10H20F3N. The van der Waals surface area contributed by atoms with Crippen molar-refractivity contribution in [2.75, 3.05) is 0 Å². The maximum atomic E-state index is 11.8. The van der Waals surface area contributed by atoms with Gasteiger partial charge in [0.15, 0.2) is 0 Å². The average molecular weight is 211 g/mol. The van der Waals surface area contributed by atoms with E-state index in [1.165, 1.54) is 0 Å². The fourth-order valence-electron chi connectivity index (χ4n) is 1.30. The Morgan fingerprint density at radius 1 is 1.14 bits per heavy atom. The molecule has 0 bridgehead atoms. The summed E-state index contributed by atoms with van der Waals surface area (Å²) in [6.45, 7) is 6.06. The van der Waals surface area contributed by atoms with Crippen molar-refractivity contribution in [3.8, 4) is 0 Å². The van der Waals surface area contributed by atoms with E-state index in [1.807, 2.05) is 20.8 Å². The Hall–Kier alpha value is -0.250. The summed E-state index contributed by atoms with van der Waals surface area (Å²) in [6.07, 6.45) is -4.16. The molecule has 1 nitrogen and oxygen atoms in total. The summed E-state index contributed by atoms with van der Waals surface area (Å²) < 4.78 is 35.5. The van der Waals surface area contributed by atoms with Gasteiger partial charge in [0.05, 0.1) is 0 Å². The summed E-state index contributed by atoms with van der Waals surface area (Å²) in [4.78, 5) is 0. The smallest absolute Gasteiger partial charge is 0.327 e. The fourth-order valence-corrected chi connectivity index (χ4v) is 1.30. The minimum Gasteiger partial charge on any atom is -0.327 e. The summed E-state index contributed by atoms with van der Waals surface area (Å²) in [5, 5.41) is 0. The molecule has 14 heavy (non-hydrogen) atoms. The van der Waals surface area contributed by atoms with E-state index in [0.717, 1.165) is 0 Å². The van der Waals surface area contributed by atoms with E-state index in [-0.39, 0.29) is 18.4 Å². The highest BCUT2D eigenvalue weighted by atomic mass is 19.4. The Morgan fingerprint density at radius 3 is 2.00 bits per heavy atom. The molecule has 0 fully saturated rings. The molecule has 0 heterocycles. The molecule has 2 unspecified atom stereocenters. The lowest BCUT2D eigenvalue weighted by Gasteiger charge is -2.23. The zero-order valence-electron chi connectivity index (χ0n) is 9.06. The minimum atomic E-state index is -4.04. The molecule has 0 radical (unpaired) electrons. The predicted octanol–water partition coefficient (Wildman–Crippen LogP) is 3.34. The van der Waals surface area contributed by atoms with Crippen LogP contribution in [0.15, 0.2) is 0 Å². The van der Waals surface area contributed by atoms with E-state index in [1.54, 1.807) is 0 Å². The Bertz CT molecular complexity index is 154. The van der Waals surface area contributed by atoms with Crippen LogP contribution in [0, 0.1) is 11.8 Å². The topological polar surface area (TPSA) is 26.0 Å². The summed E-state index contributed by atoms with van der Waals surface area (Å²) in [5.74, 6) is 0.708. The van der Waals surface area contributed by atoms with Crippen LogP contribution in [0.5, 0.6) is 0 Å². The monoisotopic (exact) mass is 211 g/mol. The Morgan fingerprint density at radius 2 is 1.64 bits per heavy atom. The number of alkyl halides is 3. The third-order valence-electron chi connectivity index (χ3n) is 2.72. The maximum absolute atomic E-state index is 11.8. The van der Waals surface area contributed by atoms with Gasteiger partial charge in [-0.15, -0.1) is 0 Å². The fraction of sp³-hybridized carbons (Fsp3) is 1.00. The van der Waals surface area contributed by atoms with Gasteiger partial charge in [0.2, 0.25) is 0 Å². The first-order valence-electron chi connectivity index (χ1n) is 5.06. The lowest BCUT2D eigenvalue weighted by atomic mass is 9.88. The number of hydrogen-bond acceptors (Lipinski definition) is 1. The van der Waals surface area contributed by atoms with Crippen LogP contribution in [0.2, 0.25) is 0 Å². The molecule has 0 spiro atoms. The van der Waals surface area contributed by atoms with Crippen molar-refractivity contribution in [1.82, 2.24) is 0 Å². The van der Waals surface area contributed by atoms with Gasteiger partial charge in [-0.2, -0.15) is 13.2 Å². The molecule has 4 heteroatoms. The first kappa shape index (κ1) is 13.8. The summed E-state index contributed by atoms with van der Waals surface area (Å²) in [5.41, 5.74) is 5.78. The largest absolute Gasteiger partial charge is 0.389 e. The third-order valence-corrected chi connectivity index (χ3v) is 2.72. The average Bonchev–Trinajstić information content (AvgIpc) is 2.00. The second kappa shape index (κ2) is 5.59. The molecule has 0 aliphatic rings. The number of hydrogen-bond donors (Lipinski definition) is 1. The van der Waals surface area contributed by atoms with Crippen LogP contribution in [0.3, 0.4) is 0 Å². The summed E-state index contributed by atoms with van der Waals surface area (Å²) in [6, 6.07) is -0.114. The van der Waals surface area contributed by atoms with Crippen LogP contribution >= 0.6 is 0 Å². The van der Waals surface area contributed by atoms with Crippen molar-refractivity contribution in [1.29, 1.82) is 0 Å². The van der Waals surface area contributed by atoms with Crippen LogP contribution < -0.4 is 5.73 Å². The number of rotatable bonds is 5. The van der Waals surface area contributed by atoms with Gasteiger partial charge >= 0.3 is 6.18 Å². The van der Waals surface area contributed by atoms with Crippen molar-refractivity contribution < 1.29 is 13.2 Å². The molecule has 2 atom stereocenters. The zero-order valence-corrected chi connectivity index (χ0v) is 9.06. The lowest BCUT2D eigenvalue weighted by molar-refractivity contribution is -0.135. The molecule has 0 aromatic heterocycles. The second-order valence-electron chi connectivity index (χ2n) is 4.27. The van der Waals surface area contributed by atoms with Crippen molar-refractivity contribution in [2.45, 2.75) is 52.3 Å². The molecule has 0 saturated carbocycles. The van der Waals surface area contributed by atoms with Crippen molar-refractivity contribution >= 4 is 0 Å². The van der Waals surface area contributed by atoms with Crippen molar-refractivity contribution in [3.05, 3.63) is 0 Å². The number of halogens is 3. The van der Waals surface area contributed by atoms with E-state index in [9.17, 15) is 13.2 Å². The summed E-state index contributed by atoms with van der Waals surface area (Å²) in [7, 11) is 0. The molecule has 0 amide bonds. The molecule has 0 aromatic carbocycles. The van der Waals surface area contributed by atoms with Gasteiger partial charge in [-0.25, -0.2) is 0 Å². The van der Waals surface area contributed by atoms with E-state index >= 15 is 0 Å². The molecule has 0 aliphatic heterocycles. The number of nitrogens with two attached hydrogens (primary N) is 1. The van der Waals surface area contributed by atoms with Gasteiger partial charge in [-0.1, -0.05) is 20.8 Å². The SMILES string of the molecule is CC(C)C(C)C(N)CCCC(F)(F)F. The van der Waals surface area contributed by atoms with Crippen LogP contribution in [-0.4, -0.2) is 12.2 Å². The quantitative estimate of drug-likeness (QED) is 0.741. The van der Waals surface area contributed by atoms with Gasteiger partial charge in [0, 0.05) is 12.5 Å². The molecule has 2 N–H and O–H groups in total. The second-order valence-corrected chi connectivity index (χ2v) is 4.27. The molecule has 0 rings (SSSR count). The first-order chi connectivity index (χ1) is 6.24. The van der Waals surface area contributed by atoms with E-state index in [0.29, 0.717) is 12.3 Å². The van der Waals surface area contributed by atoms with Crippen molar-refractivity contribution in [3.63, 3.8) is 0 Å². The van der Waals surface area contributed by atoms with Gasteiger partial charge in [-0.3, -0.25) is 0 Å². The van der Waals surface area contributed by atoms with Crippen LogP contribution in [0.4, 0.5) is 13.2 Å². The standard InChI is InChI=1S/C10H20F3N/c1-7(2)8(3)9(14)5-4-6-10(11,12)13/h7-9H,4-6,14H2,1-3H3. The van der Waals surface area contributed by atoms with Gasteiger partial charge in [-0.05, 0) is 24.7 Å². The third kappa shape index (κ3) is 6.24. The van der Waals surface area contributed by atoms with Crippen LogP contribution in [0.25, 0.3) is 0 Å². The Labute approximate surface area is 83.9 Å². The van der Waals surface area contributed by atoms with Gasteiger partial charge < -0.3 is 5.73 Å². The van der Waals surface area contributed by atoms with E-state index in [2.05, 4.69) is 0 Å². The molecule has 0 aromatic rings. The van der Waals surface area contributed by atoms with Crippen LogP contribution in [-0.2, 0) is 0 Å². The van der Waals surface area contributed by atoms with Gasteiger partial charge in [0.25, 0.3) is 0 Å². The maximum Gasteiger partial charge on any atom is 0.389 e. The highest BCUT2D eigenvalue weighted by molar-refractivity contribution is 4.72. The van der Waals surface area contributed by atoms with Crippen molar-refractivity contribution in [2.24, 2.45) is 17.6 Å². The normalized spacial score (nSPS) is 17.1. The minimum absolute atomic E-state index is 0.114. The molecule has 0 aliphatic carbocycles. The van der Waals surface area contributed by atoms with Gasteiger partial charge in [0.1, 0.15) is 0 Å². The predicted molar refractivity (Wildman–Crippen MR) is 51.9 cm³/mol. The highest BCUT2D eigenvalue weighted by Gasteiger charge is 2.27. The Balaban J connectivity index is 3.69. The van der Waals surface area contributed by atoms with Crippen LogP contribution in [0.1, 0.15) is 40.0 Å². The highest BCUT2D eigenvalue weighted by Crippen LogP contribution is 2.24. The lowest BCUT2D eigenvalue weighted by Crippen LogP contribution is -2.31. The molecule has 0 saturated heterocycles. The molecular weight excluding hydrogens is 191 g/mol. The van der Waals surface area contributed by atoms with E-state index in [4.69, 9.17) is 5.73 Å².